The van der Waals surface area contributed by atoms with Crippen LogP contribution in [0.1, 0.15) is 24.1 Å². The Morgan fingerprint density at radius 2 is 1.97 bits per heavy atom. The molecule has 0 radical (unpaired) electrons. The van der Waals surface area contributed by atoms with Crippen LogP contribution in [0.4, 0.5) is 5.69 Å². The molecule has 1 saturated heterocycles. The van der Waals surface area contributed by atoms with E-state index < -0.39 is 17.7 Å². The minimum absolute atomic E-state index is 0.189. The van der Waals surface area contributed by atoms with Gasteiger partial charge in [0, 0.05) is 22.8 Å². The second-order valence-corrected chi connectivity index (χ2v) is 10.0. The third kappa shape index (κ3) is 3.98. The zero-order valence-corrected chi connectivity index (χ0v) is 21.7. The largest absolute Gasteiger partial charge is 0.493 e. The second kappa shape index (κ2) is 9.00. The van der Waals surface area contributed by atoms with E-state index in [-0.39, 0.29) is 12.7 Å². The first-order valence-corrected chi connectivity index (χ1v) is 12.5. The van der Waals surface area contributed by atoms with Crippen molar-refractivity contribution in [3.63, 3.8) is 0 Å². The smallest absolute Gasteiger partial charge is 0.236 e. The van der Waals surface area contributed by atoms with Crippen molar-refractivity contribution in [1.82, 2.24) is 10.2 Å². The van der Waals surface area contributed by atoms with Crippen LogP contribution < -0.4 is 29.6 Å². The average Bonchev–Trinajstić information content (AvgIpc) is 3.35. The molecule has 190 valence electrons. The normalized spacial score (nSPS) is 23.0. The summed E-state index contributed by atoms with van der Waals surface area (Å²) in [6.07, 6.45) is 0. The Morgan fingerprint density at radius 1 is 1.19 bits per heavy atom. The van der Waals surface area contributed by atoms with Gasteiger partial charge in [-0.2, -0.15) is 0 Å². The summed E-state index contributed by atoms with van der Waals surface area (Å²) < 4.78 is 23.3. The van der Waals surface area contributed by atoms with Crippen LogP contribution in [0.25, 0.3) is 0 Å². The number of rotatable bonds is 5. The van der Waals surface area contributed by atoms with Crippen LogP contribution in [0, 0.1) is 5.92 Å². The number of carbonyl (C=O) groups excluding carboxylic acids is 1. The third-order valence-corrected chi connectivity index (χ3v) is 7.61. The Kier molecular flexibility index (Phi) is 5.77. The van der Waals surface area contributed by atoms with Crippen LogP contribution >= 0.6 is 23.8 Å². The van der Waals surface area contributed by atoms with E-state index in [1.165, 1.54) is 0 Å². The van der Waals surface area contributed by atoms with Gasteiger partial charge in [0.25, 0.3) is 0 Å². The fourth-order valence-electron chi connectivity index (χ4n) is 5.20. The van der Waals surface area contributed by atoms with E-state index >= 15 is 0 Å². The van der Waals surface area contributed by atoms with E-state index in [4.69, 9.17) is 42.8 Å². The van der Waals surface area contributed by atoms with Crippen molar-refractivity contribution in [3.8, 4) is 23.0 Å². The molecule has 0 aliphatic carbocycles. The number of benzene rings is 3. The molecule has 1 amide bonds. The number of thiocarbonyl (C=S) groups is 1. The zero-order valence-electron chi connectivity index (χ0n) is 20.1. The van der Waals surface area contributed by atoms with Gasteiger partial charge >= 0.3 is 0 Å². The number of nitrogens with zero attached hydrogens (tertiary/aromatic N) is 1. The van der Waals surface area contributed by atoms with Crippen LogP contribution in [0.15, 0.2) is 60.7 Å². The Morgan fingerprint density at radius 3 is 2.76 bits per heavy atom. The highest BCUT2D eigenvalue weighted by atomic mass is 35.5. The van der Waals surface area contributed by atoms with Gasteiger partial charge in [0.2, 0.25) is 12.7 Å². The van der Waals surface area contributed by atoms with E-state index in [1.807, 2.05) is 48.2 Å². The number of para-hydroxylation sites is 1. The highest BCUT2D eigenvalue weighted by molar-refractivity contribution is 7.80. The molecule has 3 atom stereocenters. The number of anilines is 1. The number of methoxy groups -OCH3 is 1. The summed E-state index contributed by atoms with van der Waals surface area (Å²) in [5, 5.41) is 7.51. The molecule has 3 aromatic rings. The van der Waals surface area contributed by atoms with Crippen LogP contribution in [0.2, 0.25) is 5.02 Å². The van der Waals surface area contributed by atoms with Gasteiger partial charge < -0.3 is 34.5 Å². The fourth-order valence-corrected chi connectivity index (χ4v) is 5.70. The SMILES string of the molecule is COc1cccc2c1O[C@]1(C)[C@H](C(=O)Nc3ccc(Cl)cc3)[C@@H]2NC(=S)N1Cc1ccc2c(c1)OCO2. The van der Waals surface area contributed by atoms with Crippen molar-refractivity contribution in [3.05, 3.63) is 76.8 Å². The van der Waals surface area contributed by atoms with E-state index in [0.717, 1.165) is 11.1 Å². The molecule has 3 aliphatic heterocycles. The molecule has 0 aromatic heterocycles. The first kappa shape index (κ1) is 23.7. The van der Waals surface area contributed by atoms with Gasteiger partial charge in [0.05, 0.1) is 13.2 Å². The molecule has 6 rings (SSSR count). The minimum atomic E-state index is -1.14. The third-order valence-electron chi connectivity index (χ3n) is 7.02. The Balaban J connectivity index is 1.41. The predicted octanol–water partition coefficient (Wildman–Crippen LogP) is 4.87. The Bertz CT molecular complexity index is 1400. The number of carbonyl (C=O) groups is 1. The second-order valence-electron chi connectivity index (χ2n) is 9.21. The summed E-state index contributed by atoms with van der Waals surface area (Å²) in [7, 11) is 1.60. The van der Waals surface area contributed by atoms with Gasteiger partial charge in [0.1, 0.15) is 5.92 Å². The molecule has 3 heterocycles. The molecule has 0 saturated carbocycles. The van der Waals surface area contributed by atoms with E-state index in [0.29, 0.717) is 45.4 Å². The minimum Gasteiger partial charge on any atom is -0.493 e. The number of nitrogens with one attached hydrogen (secondary N) is 2. The predicted molar refractivity (Wildman–Crippen MR) is 142 cm³/mol. The summed E-state index contributed by atoms with van der Waals surface area (Å²) in [5.41, 5.74) is 1.23. The fraction of sp³-hybridized carbons (Fsp3) is 0.259. The molecule has 37 heavy (non-hydrogen) atoms. The van der Waals surface area contributed by atoms with Crippen LogP contribution in [0.5, 0.6) is 23.0 Å². The molecular weight excluding hydrogens is 514 g/mol. The number of ether oxygens (including phenoxy) is 4. The van der Waals surface area contributed by atoms with Crippen molar-refractivity contribution in [2.45, 2.75) is 25.2 Å². The molecule has 3 aliphatic rings. The van der Waals surface area contributed by atoms with Gasteiger partial charge in [-0.25, -0.2) is 0 Å². The molecule has 2 bridgehead atoms. The number of amides is 1. The first-order valence-electron chi connectivity index (χ1n) is 11.8. The lowest BCUT2D eigenvalue weighted by Gasteiger charge is -2.56. The summed E-state index contributed by atoms with van der Waals surface area (Å²) in [6, 6.07) is 17.9. The monoisotopic (exact) mass is 537 g/mol. The lowest BCUT2D eigenvalue weighted by molar-refractivity contribution is -0.151. The highest BCUT2D eigenvalue weighted by Gasteiger charge is 2.59. The van der Waals surface area contributed by atoms with Crippen LogP contribution in [-0.2, 0) is 11.3 Å². The van der Waals surface area contributed by atoms with Crippen molar-refractivity contribution >= 4 is 40.5 Å². The van der Waals surface area contributed by atoms with Gasteiger partial charge in [-0.15, -0.1) is 0 Å². The van der Waals surface area contributed by atoms with Crippen molar-refractivity contribution in [2.75, 3.05) is 19.2 Å². The zero-order chi connectivity index (χ0) is 25.7. The number of hydrogen-bond acceptors (Lipinski definition) is 6. The van der Waals surface area contributed by atoms with E-state index in [2.05, 4.69) is 10.6 Å². The lowest BCUT2D eigenvalue weighted by atomic mass is 9.78. The molecule has 2 N–H and O–H groups in total. The topological polar surface area (TPSA) is 81.3 Å². The van der Waals surface area contributed by atoms with Crippen molar-refractivity contribution in [1.29, 1.82) is 0 Å². The number of fused-ring (bicyclic) bond motifs is 5. The quantitative estimate of drug-likeness (QED) is 0.446. The van der Waals surface area contributed by atoms with Crippen LogP contribution in [0.3, 0.4) is 0 Å². The molecule has 3 aromatic carbocycles. The number of halogens is 1. The molecular formula is C27H24ClN3O5S. The molecule has 8 nitrogen and oxygen atoms in total. The first-order chi connectivity index (χ1) is 17.9. The molecule has 1 fully saturated rings. The molecule has 10 heteroatoms. The maximum Gasteiger partial charge on any atom is 0.236 e. The summed E-state index contributed by atoms with van der Waals surface area (Å²) in [5.74, 6) is 1.66. The maximum atomic E-state index is 13.9. The summed E-state index contributed by atoms with van der Waals surface area (Å²) >= 11 is 11.9. The van der Waals surface area contributed by atoms with Gasteiger partial charge in [-0.1, -0.05) is 29.8 Å². The molecule has 0 spiro atoms. The maximum absolute atomic E-state index is 13.9. The van der Waals surface area contributed by atoms with Gasteiger partial charge in [-0.05, 0) is 67.2 Å². The number of hydrogen-bond donors (Lipinski definition) is 2. The van der Waals surface area contributed by atoms with Gasteiger partial charge in [-0.3, -0.25) is 4.79 Å². The highest BCUT2D eigenvalue weighted by Crippen LogP contribution is 2.52. The average molecular weight is 538 g/mol. The standard InChI is InChI=1S/C27H24ClN3O5S/c1-27-22(25(32)29-17-9-7-16(28)8-10-17)23(18-4-3-5-20(33-2)24(18)36-27)30-26(37)31(27)13-15-6-11-19-21(12-15)35-14-34-19/h3-12,22-23H,13-14H2,1-2H3,(H,29,32)(H,30,37)/t22-,23+,27+/m0/s1. The van der Waals surface area contributed by atoms with Gasteiger partial charge in [0.15, 0.2) is 33.8 Å². The molecule has 0 unspecified atom stereocenters. The van der Waals surface area contributed by atoms with Crippen molar-refractivity contribution in [2.24, 2.45) is 5.92 Å². The van der Waals surface area contributed by atoms with E-state index in [9.17, 15) is 4.79 Å². The Hall–Kier alpha value is -3.69. The Labute approximate surface area is 224 Å². The summed E-state index contributed by atoms with van der Waals surface area (Å²) in [6.45, 7) is 2.46. The summed E-state index contributed by atoms with van der Waals surface area (Å²) in [4.78, 5) is 15.8. The lowest BCUT2D eigenvalue weighted by Crippen LogP contribution is -2.71. The van der Waals surface area contributed by atoms with Crippen LogP contribution in [-0.4, -0.2) is 35.5 Å². The van der Waals surface area contributed by atoms with Crippen molar-refractivity contribution < 1.29 is 23.7 Å². The van der Waals surface area contributed by atoms with E-state index in [1.54, 1.807) is 31.4 Å².